The molecule has 2 rings (SSSR count). The van der Waals surface area contributed by atoms with Crippen LogP contribution in [0.5, 0.6) is 0 Å². The molecule has 0 saturated heterocycles. The molecule has 0 radical (unpaired) electrons. The molecule has 1 aromatic heterocycles. The van der Waals surface area contributed by atoms with Crippen molar-refractivity contribution in [3.8, 4) is 0 Å². The molecule has 1 aliphatic carbocycles. The molecular formula is C17H28N2. The van der Waals surface area contributed by atoms with Crippen LogP contribution in [0.2, 0.25) is 0 Å². The van der Waals surface area contributed by atoms with E-state index in [1.807, 2.05) is 6.20 Å². The highest BCUT2D eigenvalue weighted by Crippen LogP contribution is 2.26. The fraction of sp³-hybridized carbons (Fsp3) is 0.706. The Labute approximate surface area is 118 Å². The average molecular weight is 260 g/mol. The number of hydrogen-bond acceptors (Lipinski definition) is 2. The summed E-state index contributed by atoms with van der Waals surface area (Å²) in [7, 11) is 2.11. The number of hydrogen-bond donors (Lipinski definition) is 1. The van der Waals surface area contributed by atoms with Gasteiger partial charge in [0.15, 0.2) is 0 Å². The van der Waals surface area contributed by atoms with Crippen LogP contribution in [-0.4, -0.2) is 18.1 Å². The van der Waals surface area contributed by atoms with Crippen LogP contribution in [0.15, 0.2) is 18.3 Å². The topological polar surface area (TPSA) is 24.9 Å². The zero-order valence-corrected chi connectivity index (χ0v) is 12.5. The SMILES string of the molecule is CCc1ccc(CC(NC)C2CCCCCC2)nc1. The van der Waals surface area contributed by atoms with Crippen molar-refractivity contribution in [2.24, 2.45) is 5.92 Å². The van der Waals surface area contributed by atoms with E-state index in [2.05, 4.69) is 36.4 Å². The van der Waals surface area contributed by atoms with Gasteiger partial charge in [0.2, 0.25) is 0 Å². The summed E-state index contributed by atoms with van der Waals surface area (Å²) in [4.78, 5) is 4.62. The van der Waals surface area contributed by atoms with Gasteiger partial charge in [-0.25, -0.2) is 0 Å². The molecule has 1 heterocycles. The van der Waals surface area contributed by atoms with Crippen molar-refractivity contribution in [1.29, 1.82) is 0 Å². The predicted molar refractivity (Wildman–Crippen MR) is 81.4 cm³/mol. The molecule has 0 amide bonds. The molecule has 2 heteroatoms. The van der Waals surface area contributed by atoms with Gasteiger partial charge in [-0.05, 0) is 43.9 Å². The lowest BCUT2D eigenvalue weighted by molar-refractivity contribution is 0.331. The van der Waals surface area contributed by atoms with Crippen LogP contribution in [0.4, 0.5) is 0 Å². The molecule has 2 nitrogen and oxygen atoms in total. The van der Waals surface area contributed by atoms with E-state index in [1.165, 1.54) is 49.8 Å². The molecule has 0 bridgehead atoms. The molecule has 1 fully saturated rings. The van der Waals surface area contributed by atoms with E-state index >= 15 is 0 Å². The van der Waals surface area contributed by atoms with Crippen LogP contribution in [0, 0.1) is 5.92 Å². The Morgan fingerprint density at radius 1 is 1.21 bits per heavy atom. The Morgan fingerprint density at radius 2 is 1.95 bits per heavy atom. The average Bonchev–Trinajstić information content (AvgIpc) is 2.74. The van der Waals surface area contributed by atoms with E-state index in [0.717, 1.165) is 18.8 Å². The van der Waals surface area contributed by atoms with Gasteiger partial charge >= 0.3 is 0 Å². The largest absolute Gasteiger partial charge is 0.316 e. The molecule has 0 aromatic carbocycles. The first-order valence-electron chi connectivity index (χ1n) is 7.94. The van der Waals surface area contributed by atoms with Gasteiger partial charge in [0, 0.05) is 24.4 Å². The van der Waals surface area contributed by atoms with Crippen molar-refractivity contribution in [2.45, 2.75) is 64.3 Å². The van der Waals surface area contributed by atoms with E-state index in [0.29, 0.717) is 6.04 Å². The third-order valence-electron chi connectivity index (χ3n) is 4.56. The molecule has 1 aromatic rings. The van der Waals surface area contributed by atoms with Gasteiger partial charge in [-0.1, -0.05) is 38.7 Å². The molecule has 106 valence electrons. The summed E-state index contributed by atoms with van der Waals surface area (Å²) in [5.74, 6) is 0.833. The van der Waals surface area contributed by atoms with E-state index in [1.54, 1.807) is 0 Å². The fourth-order valence-corrected chi connectivity index (χ4v) is 3.23. The standard InChI is InChI=1S/C17H28N2/c1-3-14-10-11-16(19-13-14)12-17(18-2)15-8-6-4-5-7-9-15/h10-11,13,15,17-18H,3-9,12H2,1-2H3. The summed E-state index contributed by atoms with van der Waals surface area (Å²) in [5, 5.41) is 3.54. The monoisotopic (exact) mass is 260 g/mol. The number of rotatable bonds is 5. The highest BCUT2D eigenvalue weighted by atomic mass is 14.9. The maximum Gasteiger partial charge on any atom is 0.0419 e. The minimum atomic E-state index is 0.595. The van der Waals surface area contributed by atoms with Gasteiger partial charge in [-0.3, -0.25) is 4.98 Å². The van der Waals surface area contributed by atoms with Gasteiger partial charge in [-0.15, -0.1) is 0 Å². The maximum atomic E-state index is 4.62. The molecule has 0 spiro atoms. The minimum Gasteiger partial charge on any atom is -0.316 e. The molecule has 1 aliphatic rings. The van der Waals surface area contributed by atoms with Gasteiger partial charge < -0.3 is 5.32 Å². The molecule has 19 heavy (non-hydrogen) atoms. The van der Waals surface area contributed by atoms with Crippen LogP contribution in [-0.2, 0) is 12.8 Å². The lowest BCUT2D eigenvalue weighted by atomic mass is 9.89. The van der Waals surface area contributed by atoms with Crippen molar-refractivity contribution in [3.05, 3.63) is 29.6 Å². The lowest BCUT2D eigenvalue weighted by Crippen LogP contribution is -2.35. The minimum absolute atomic E-state index is 0.595. The first-order chi connectivity index (χ1) is 9.33. The van der Waals surface area contributed by atoms with Crippen LogP contribution in [0.25, 0.3) is 0 Å². The number of aromatic nitrogens is 1. The summed E-state index contributed by atoms with van der Waals surface area (Å²) >= 11 is 0. The fourth-order valence-electron chi connectivity index (χ4n) is 3.23. The molecule has 1 unspecified atom stereocenters. The van der Waals surface area contributed by atoms with Gasteiger partial charge in [0.05, 0.1) is 0 Å². The van der Waals surface area contributed by atoms with E-state index in [9.17, 15) is 0 Å². The first kappa shape index (κ1) is 14.5. The second-order valence-corrected chi connectivity index (χ2v) is 5.86. The van der Waals surface area contributed by atoms with Crippen molar-refractivity contribution in [2.75, 3.05) is 7.05 Å². The van der Waals surface area contributed by atoms with Gasteiger partial charge in [0.25, 0.3) is 0 Å². The molecule has 1 atom stereocenters. The molecular weight excluding hydrogens is 232 g/mol. The third-order valence-corrected chi connectivity index (χ3v) is 4.56. The smallest absolute Gasteiger partial charge is 0.0419 e. The number of pyridine rings is 1. The van der Waals surface area contributed by atoms with Gasteiger partial charge in [0.1, 0.15) is 0 Å². The summed E-state index contributed by atoms with van der Waals surface area (Å²) in [5.41, 5.74) is 2.57. The molecule has 1 saturated carbocycles. The Kier molecular flexibility index (Phi) is 5.84. The van der Waals surface area contributed by atoms with Crippen LogP contribution in [0.3, 0.4) is 0 Å². The number of aryl methyl sites for hydroxylation is 1. The van der Waals surface area contributed by atoms with Crippen molar-refractivity contribution >= 4 is 0 Å². The second kappa shape index (κ2) is 7.64. The van der Waals surface area contributed by atoms with Crippen molar-refractivity contribution in [1.82, 2.24) is 10.3 Å². The first-order valence-corrected chi connectivity index (χ1v) is 7.94. The summed E-state index contributed by atoms with van der Waals surface area (Å²) in [6, 6.07) is 5.03. The summed E-state index contributed by atoms with van der Waals surface area (Å²) in [6.45, 7) is 2.18. The van der Waals surface area contributed by atoms with Gasteiger partial charge in [-0.2, -0.15) is 0 Å². The summed E-state index contributed by atoms with van der Waals surface area (Å²) in [6.07, 6.45) is 12.6. The van der Waals surface area contributed by atoms with E-state index in [4.69, 9.17) is 0 Å². The highest BCUT2D eigenvalue weighted by Gasteiger charge is 2.21. The Morgan fingerprint density at radius 3 is 2.47 bits per heavy atom. The second-order valence-electron chi connectivity index (χ2n) is 5.86. The third kappa shape index (κ3) is 4.31. The Hall–Kier alpha value is -0.890. The molecule has 0 aliphatic heterocycles. The normalized spacial score (nSPS) is 19.1. The van der Waals surface area contributed by atoms with E-state index < -0.39 is 0 Å². The highest BCUT2D eigenvalue weighted by molar-refractivity contribution is 5.14. The van der Waals surface area contributed by atoms with Crippen molar-refractivity contribution in [3.63, 3.8) is 0 Å². The van der Waals surface area contributed by atoms with Crippen molar-refractivity contribution < 1.29 is 0 Å². The number of nitrogens with one attached hydrogen (secondary N) is 1. The molecule has 1 N–H and O–H groups in total. The quantitative estimate of drug-likeness (QED) is 0.816. The number of likely N-dealkylation sites (N-methyl/N-ethyl adjacent to an activating group) is 1. The Balaban J connectivity index is 1.96. The van der Waals surface area contributed by atoms with E-state index in [-0.39, 0.29) is 0 Å². The Bertz CT molecular complexity index is 350. The predicted octanol–water partition coefficient (Wildman–Crippen LogP) is 3.74. The zero-order valence-electron chi connectivity index (χ0n) is 12.5. The van der Waals surface area contributed by atoms with Crippen LogP contribution < -0.4 is 5.32 Å². The van der Waals surface area contributed by atoms with Crippen LogP contribution >= 0.6 is 0 Å². The number of nitrogens with zero attached hydrogens (tertiary/aromatic N) is 1. The summed E-state index contributed by atoms with van der Waals surface area (Å²) < 4.78 is 0. The maximum absolute atomic E-state index is 4.62. The lowest BCUT2D eigenvalue weighted by Gasteiger charge is -2.25. The zero-order chi connectivity index (χ0) is 13.5. The van der Waals surface area contributed by atoms with Crippen LogP contribution in [0.1, 0.15) is 56.7 Å².